The molecule has 0 radical (unpaired) electrons. The maximum Gasteiger partial charge on any atom is 0.270 e. The van der Waals surface area contributed by atoms with Crippen molar-refractivity contribution in [1.82, 2.24) is 10.3 Å². The van der Waals surface area contributed by atoms with E-state index in [4.69, 9.17) is 5.73 Å². The Labute approximate surface area is 113 Å². The van der Waals surface area contributed by atoms with Crippen molar-refractivity contribution in [2.45, 2.75) is 25.8 Å². The van der Waals surface area contributed by atoms with Crippen molar-refractivity contribution in [3.05, 3.63) is 42.2 Å². The fourth-order valence-electron chi connectivity index (χ4n) is 2.01. The highest BCUT2D eigenvalue weighted by Crippen LogP contribution is 2.15. The molecule has 0 aliphatic rings. The lowest BCUT2D eigenvalue weighted by Gasteiger charge is -2.08. The number of nitrogens with one attached hydrogen (secondary N) is 1. The summed E-state index contributed by atoms with van der Waals surface area (Å²) in [6.07, 6.45) is 3.45. The van der Waals surface area contributed by atoms with Gasteiger partial charge in [-0.25, -0.2) is 0 Å². The third-order valence-corrected chi connectivity index (χ3v) is 3.01. The fraction of sp³-hybridized carbons (Fsp3) is 0.333. The van der Waals surface area contributed by atoms with E-state index < -0.39 is 0 Å². The van der Waals surface area contributed by atoms with Gasteiger partial charge in [-0.05, 0) is 31.2 Å². The first kappa shape index (κ1) is 13.5. The average Bonchev–Trinajstić information content (AvgIpc) is 2.42. The molecule has 1 aromatic carbocycles. The van der Waals surface area contributed by atoms with Gasteiger partial charge in [-0.1, -0.05) is 24.3 Å². The van der Waals surface area contributed by atoms with Crippen molar-refractivity contribution in [1.29, 1.82) is 0 Å². The summed E-state index contributed by atoms with van der Waals surface area (Å²) in [7, 11) is 0. The molecule has 0 saturated heterocycles. The number of carbonyl (C=O) groups is 1. The van der Waals surface area contributed by atoms with Gasteiger partial charge in [0, 0.05) is 24.2 Å². The van der Waals surface area contributed by atoms with E-state index in [0.717, 1.165) is 23.6 Å². The van der Waals surface area contributed by atoms with Crippen molar-refractivity contribution < 1.29 is 4.79 Å². The molecular formula is C15H19N3O. The average molecular weight is 257 g/mol. The molecule has 0 saturated carbocycles. The number of fused-ring (bicyclic) bond motifs is 1. The molecule has 0 spiro atoms. The second-order valence-corrected chi connectivity index (χ2v) is 4.76. The molecule has 4 heteroatoms. The zero-order chi connectivity index (χ0) is 13.7. The number of aromatic nitrogens is 1. The van der Waals surface area contributed by atoms with Gasteiger partial charge in [-0.15, -0.1) is 0 Å². The van der Waals surface area contributed by atoms with Crippen LogP contribution in [0.3, 0.4) is 0 Å². The highest BCUT2D eigenvalue weighted by Gasteiger charge is 2.10. The van der Waals surface area contributed by atoms with E-state index in [1.165, 1.54) is 0 Å². The van der Waals surface area contributed by atoms with Gasteiger partial charge in [0.15, 0.2) is 0 Å². The molecule has 0 bridgehead atoms. The van der Waals surface area contributed by atoms with E-state index >= 15 is 0 Å². The van der Waals surface area contributed by atoms with E-state index in [1.54, 1.807) is 6.20 Å². The smallest absolute Gasteiger partial charge is 0.270 e. The number of nitrogens with zero attached hydrogens (tertiary/aromatic N) is 1. The first-order valence-corrected chi connectivity index (χ1v) is 6.56. The largest absolute Gasteiger partial charge is 0.351 e. The van der Waals surface area contributed by atoms with Crippen molar-refractivity contribution in [2.75, 3.05) is 6.54 Å². The molecule has 4 nitrogen and oxygen atoms in total. The predicted molar refractivity (Wildman–Crippen MR) is 77.0 cm³/mol. The van der Waals surface area contributed by atoms with Crippen molar-refractivity contribution in [2.24, 2.45) is 5.73 Å². The Morgan fingerprint density at radius 1 is 1.37 bits per heavy atom. The number of benzene rings is 1. The molecule has 19 heavy (non-hydrogen) atoms. The van der Waals surface area contributed by atoms with Crippen molar-refractivity contribution in [3.8, 4) is 0 Å². The van der Waals surface area contributed by atoms with Gasteiger partial charge in [0.05, 0.1) is 0 Å². The van der Waals surface area contributed by atoms with E-state index in [-0.39, 0.29) is 11.9 Å². The van der Waals surface area contributed by atoms with Crippen molar-refractivity contribution in [3.63, 3.8) is 0 Å². The van der Waals surface area contributed by atoms with Gasteiger partial charge in [0.2, 0.25) is 0 Å². The lowest BCUT2D eigenvalue weighted by molar-refractivity contribution is 0.0949. The molecule has 0 aliphatic heterocycles. The van der Waals surface area contributed by atoms with Crippen LogP contribution in [-0.2, 0) is 0 Å². The highest BCUT2D eigenvalue weighted by molar-refractivity contribution is 6.05. The van der Waals surface area contributed by atoms with Crippen LogP contribution < -0.4 is 11.1 Å². The monoisotopic (exact) mass is 257 g/mol. The summed E-state index contributed by atoms with van der Waals surface area (Å²) < 4.78 is 0. The number of rotatable bonds is 5. The first-order valence-electron chi connectivity index (χ1n) is 6.56. The Hall–Kier alpha value is -1.94. The summed E-state index contributed by atoms with van der Waals surface area (Å²) in [6, 6.07) is 9.84. The third kappa shape index (κ3) is 3.51. The molecule has 1 heterocycles. The van der Waals surface area contributed by atoms with Crippen LogP contribution in [0.4, 0.5) is 0 Å². The number of carbonyl (C=O) groups excluding carboxylic acids is 1. The normalized spacial score (nSPS) is 12.3. The van der Waals surface area contributed by atoms with Crippen LogP contribution in [0.15, 0.2) is 36.5 Å². The number of hydrogen-bond acceptors (Lipinski definition) is 3. The molecule has 2 rings (SSSR count). The second-order valence-electron chi connectivity index (χ2n) is 4.76. The molecule has 1 amide bonds. The zero-order valence-electron chi connectivity index (χ0n) is 11.1. The number of amides is 1. The topological polar surface area (TPSA) is 68.0 Å². The Morgan fingerprint density at radius 3 is 2.95 bits per heavy atom. The minimum atomic E-state index is -0.124. The van der Waals surface area contributed by atoms with Gasteiger partial charge in [-0.2, -0.15) is 0 Å². The maximum atomic E-state index is 12.1. The second kappa shape index (κ2) is 6.29. The summed E-state index contributed by atoms with van der Waals surface area (Å²) in [4.78, 5) is 16.3. The van der Waals surface area contributed by atoms with Gasteiger partial charge in [-0.3, -0.25) is 9.78 Å². The van der Waals surface area contributed by atoms with Crippen LogP contribution in [-0.4, -0.2) is 23.5 Å². The first-order chi connectivity index (χ1) is 9.18. The van der Waals surface area contributed by atoms with Gasteiger partial charge in [0.25, 0.3) is 5.91 Å². The zero-order valence-corrected chi connectivity index (χ0v) is 11.1. The van der Waals surface area contributed by atoms with E-state index in [9.17, 15) is 4.79 Å². The Balaban J connectivity index is 2.05. The highest BCUT2D eigenvalue weighted by atomic mass is 16.1. The van der Waals surface area contributed by atoms with Crippen LogP contribution in [0.2, 0.25) is 0 Å². The predicted octanol–water partition coefficient (Wildman–Crippen LogP) is 2.09. The summed E-state index contributed by atoms with van der Waals surface area (Å²) >= 11 is 0. The minimum absolute atomic E-state index is 0.124. The molecule has 100 valence electrons. The van der Waals surface area contributed by atoms with Crippen LogP contribution >= 0.6 is 0 Å². The molecule has 1 aromatic heterocycles. The Morgan fingerprint density at radius 2 is 2.16 bits per heavy atom. The molecule has 3 N–H and O–H groups in total. The summed E-state index contributed by atoms with van der Waals surface area (Å²) in [5, 5.41) is 4.80. The number of hydrogen-bond donors (Lipinski definition) is 2. The molecule has 1 unspecified atom stereocenters. The van der Waals surface area contributed by atoms with Crippen LogP contribution in [0.25, 0.3) is 10.8 Å². The Bertz CT molecular complexity index is 561. The molecule has 0 fully saturated rings. The summed E-state index contributed by atoms with van der Waals surface area (Å²) in [5.41, 5.74) is 6.15. The maximum absolute atomic E-state index is 12.1. The minimum Gasteiger partial charge on any atom is -0.351 e. The standard InChI is InChI=1S/C15H19N3O/c1-11(16)5-4-9-18-15(19)14-13-7-3-2-6-12(13)8-10-17-14/h2-3,6-8,10-11H,4-5,9,16H2,1H3,(H,18,19). The van der Waals surface area contributed by atoms with Gasteiger partial charge < -0.3 is 11.1 Å². The lowest BCUT2D eigenvalue weighted by Crippen LogP contribution is -2.27. The molecular weight excluding hydrogens is 238 g/mol. The number of nitrogens with two attached hydrogens (primary N) is 1. The van der Waals surface area contributed by atoms with Crippen LogP contribution in [0.5, 0.6) is 0 Å². The lowest BCUT2D eigenvalue weighted by atomic mass is 10.1. The summed E-state index contributed by atoms with van der Waals surface area (Å²) in [6.45, 7) is 2.60. The van der Waals surface area contributed by atoms with Crippen LogP contribution in [0.1, 0.15) is 30.3 Å². The third-order valence-electron chi connectivity index (χ3n) is 3.01. The number of pyridine rings is 1. The molecule has 2 aromatic rings. The van der Waals surface area contributed by atoms with Gasteiger partial charge in [0.1, 0.15) is 5.69 Å². The Kier molecular flexibility index (Phi) is 4.47. The van der Waals surface area contributed by atoms with E-state index in [2.05, 4.69) is 10.3 Å². The van der Waals surface area contributed by atoms with Gasteiger partial charge >= 0.3 is 0 Å². The fourth-order valence-corrected chi connectivity index (χ4v) is 2.01. The van der Waals surface area contributed by atoms with E-state index in [1.807, 2.05) is 37.3 Å². The molecule has 1 atom stereocenters. The quantitative estimate of drug-likeness (QED) is 0.806. The summed E-state index contributed by atoms with van der Waals surface area (Å²) in [5.74, 6) is -0.124. The SMILES string of the molecule is CC(N)CCCNC(=O)c1nccc2ccccc12. The van der Waals surface area contributed by atoms with Crippen LogP contribution in [0, 0.1) is 0 Å². The van der Waals surface area contributed by atoms with E-state index in [0.29, 0.717) is 12.2 Å². The van der Waals surface area contributed by atoms with Crippen molar-refractivity contribution >= 4 is 16.7 Å². The molecule has 0 aliphatic carbocycles.